The Balaban J connectivity index is 2.24. The molecular formula is C32H64. The lowest BCUT2D eigenvalue weighted by Gasteiger charge is -2.36. The van der Waals surface area contributed by atoms with Crippen LogP contribution in [-0.4, -0.2) is 0 Å². The lowest BCUT2D eigenvalue weighted by Crippen LogP contribution is -2.24. The van der Waals surface area contributed by atoms with Crippen molar-refractivity contribution in [1.29, 1.82) is 0 Å². The van der Waals surface area contributed by atoms with Crippen molar-refractivity contribution in [2.45, 2.75) is 188 Å². The van der Waals surface area contributed by atoms with Gasteiger partial charge < -0.3 is 0 Å². The molecule has 0 heterocycles. The quantitative estimate of drug-likeness (QED) is 0.144. The summed E-state index contributed by atoms with van der Waals surface area (Å²) in [5.41, 5.74) is 0.633. The first-order valence-corrected chi connectivity index (χ1v) is 15.6. The molecule has 0 spiro atoms. The van der Waals surface area contributed by atoms with Crippen LogP contribution >= 0.6 is 0 Å². The molecule has 32 heavy (non-hydrogen) atoms. The third-order valence-electron chi connectivity index (χ3n) is 8.68. The van der Waals surface area contributed by atoms with Crippen molar-refractivity contribution in [1.82, 2.24) is 0 Å². The molecule has 0 heteroatoms. The largest absolute Gasteiger partial charge is 0.0654 e. The van der Waals surface area contributed by atoms with E-state index >= 15 is 0 Å². The standard InChI is InChI=1S/C32H64/c1-5-7-9-11-13-15-16-18-20-22-28-32(4,29-31-25-23-30(3)24-26-31)27-21-19-17-14-12-10-8-6-2/h30-31H,5-29H2,1-4H3. The van der Waals surface area contributed by atoms with Crippen LogP contribution in [0, 0.1) is 17.3 Å². The number of rotatable bonds is 22. The molecule has 1 aliphatic rings. The fraction of sp³-hybridized carbons (Fsp3) is 1.00. The maximum atomic E-state index is 2.68. The van der Waals surface area contributed by atoms with Gasteiger partial charge in [0.25, 0.3) is 0 Å². The van der Waals surface area contributed by atoms with Crippen molar-refractivity contribution in [2.75, 3.05) is 0 Å². The Kier molecular flexibility index (Phi) is 19.1. The van der Waals surface area contributed by atoms with E-state index in [-0.39, 0.29) is 0 Å². The molecule has 1 saturated carbocycles. The van der Waals surface area contributed by atoms with Gasteiger partial charge >= 0.3 is 0 Å². The molecule has 0 aliphatic heterocycles. The van der Waals surface area contributed by atoms with E-state index in [0.717, 1.165) is 11.8 Å². The van der Waals surface area contributed by atoms with Crippen molar-refractivity contribution in [2.24, 2.45) is 17.3 Å². The van der Waals surface area contributed by atoms with Gasteiger partial charge in [0.2, 0.25) is 0 Å². The van der Waals surface area contributed by atoms with Crippen molar-refractivity contribution < 1.29 is 0 Å². The summed E-state index contributed by atoms with van der Waals surface area (Å²) in [5.74, 6) is 2.03. The summed E-state index contributed by atoms with van der Waals surface area (Å²) in [7, 11) is 0. The lowest BCUT2D eigenvalue weighted by molar-refractivity contribution is 0.154. The minimum Gasteiger partial charge on any atom is -0.0654 e. The first kappa shape index (κ1) is 30.0. The zero-order valence-electron chi connectivity index (χ0n) is 23.3. The number of hydrogen-bond acceptors (Lipinski definition) is 0. The minimum atomic E-state index is 0.633. The average Bonchev–Trinajstić information content (AvgIpc) is 2.78. The third-order valence-corrected chi connectivity index (χ3v) is 8.68. The highest BCUT2D eigenvalue weighted by molar-refractivity contribution is 4.81. The molecule has 192 valence electrons. The van der Waals surface area contributed by atoms with Gasteiger partial charge in [-0.2, -0.15) is 0 Å². The van der Waals surface area contributed by atoms with Crippen molar-refractivity contribution in [3.05, 3.63) is 0 Å². The Bertz CT molecular complexity index is 377. The van der Waals surface area contributed by atoms with Crippen LogP contribution < -0.4 is 0 Å². The van der Waals surface area contributed by atoms with E-state index in [9.17, 15) is 0 Å². The monoisotopic (exact) mass is 449 g/mol. The second-order valence-corrected chi connectivity index (χ2v) is 12.3. The van der Waals surface area contributed by atoms with Gasteiger partial charge in [0.1, 0.15) is 0 Å². The first-order valence-electron chi connectivity index (χ1n) is 15.6. The summed E-state index contributed by atoms with van der Waals surface area (Å²) in [4.78, 5) is 0. The zero-order chi connectivity index (χ0) is 23.3. The zero-order valence-corrected chi connectivity index (χ0v) is 23.3. The molecule has 0 aromatic heterocycles. The van der Waals surface area contributed by atoms with Crippen LogP contribution in [0.1, 0.15) is 188 Å². The van der Waals surface area contributed by atoms with Gasteiger partial charge in [0.05, 0.1) is 0 Å². The van der Waals surface area contributed by atoms with Gasteiger partial charge in [-0.25, -0.2) is 0 Å². The maximum absolute atomic E-state index is 2.68. The molecule has 0 aromatic carbocycles. The average molecular weight is 449 g/mol. The summed E-state index contributed by atoms with van der Waals surface area (Å²) >= 11 is 0. The molecule has 0 aromatic rings. The van der Waals surface area contributed by atoms with Gasteiger partial charge in [0, 0.05) is 0 Å². The predicted octanol–water partition coefficient (Wildman–Crippen LogP) is 12.1. The maximum Gasteiger partial charge on any atom is -0.0323 e. The van der Waals surface area contributed by atoms with Gasteiger partial charge in [-0.1, -0.05) is 169 Å². The molecular weight excluding hydrogens is 384 g/mol. The van der Waals surface area contributed by atoms with E-state index in [1.165, 1.54) is 161 Å². The molecule has 0 nitrogen and oxygen atoms in total. The Labute approximate surface area is 205 Å². The topological polar surface area (TPSA) is 0 Å². The third kappa shape index (κ3) is 16.6. The predicted molar refractivity (Wildman–Crippen MR) is 148 cm³/mol. The molecule has 1 aliphatic carbocycles. The molecule has 0 radical (unpaired) electrons. The van der Waals surface area contributed by atoms with E-state index in [4.69, 9.17) is 0 Å². The Morgan fingerprint density at radius 3 is 1.22 bits per heavy atom. The number of hydrogen-bond donors (Lipinski definition) is 0. The van der Waals surface area contributed by atoms with Crippen LogP contribution in [0.4, 0.5) is 0 Å². The molecule has 1 unspecified atom stereocenters. The molecule has 1 rings (SSSR count). The first-order chi connectivity index (χ1) is 15.6. The van der Waals surface area contributed by atoms with Crippen LogP contribution in [0.15, 0.2) is 0 Å². The lowest BCUT2D eigenvalue weighted by atomic mass is 9.69. The van der Waals surface area contributed by atoms with Crippen molar-refractivity contribution in [3.8, 4) is 0 Å². The Morgan fingerprint density at radius 1 is 0.500 bits per heavy atom. The fourth-order valence-electron chi connectivity index (χ4n) is 6.28. The van der Waals surface area contributed by atoms with Crippen LogP contribution in [-0.2, 0) is 0 Å². The van der Waals surface area contributed by atoms with Gasteiger partial charge in [-0.15, -0.1) is 0 Å². The molecule has 1 atom stereocenters. The van der Waals surface area contributed by atoms with Crippen LogP contribution in [0.5, 0.6) is 0 Å². The smallest absolute Gasteiger partial charge is 0.0323 e. The highest BCUT2D eigenvalue weighted by atomic mass is 14.3. The normalized spacial score (nSPS) is 21.0. The highest BCUT2D eigenvalue weighted by Gasteiger charge is 2.29. The van der Waals surface area contributed by atoms with E-state index in [1.54, 1.807) is 0 Å². The minimum absolute atomic E-state index is 0.633. The summed E-state index contributed by atoms with van der Waals surface area (Å²) in [6.07, 6.45) is 37.0. The molecule has 0 N–H and O–H groups in total. The van der Waals surface area contributed by atoms with E-state index < -0.39 is 0 Å². The number of unbranched alkanes of at least 4 members (excludes halogenated alkanes) is 16. The van der Waals surface area contributed by atoms with Crippen molar-refractivity contribution >= 4 is 0 Å². The fourth-order valence-corrected chi connectivity index (χ4v) is 6.28. The Morgan fingerprint density at radius 2 is 0.844 bits per heavy atom. The second-order valence-electron chi connectivity index (χ2n) is 12.3. The highest BCUT2D eigenvalue weighted by Crippen LogP contribution is 2.42. The molecule has 0 saturated heterocycles. The van der Waals surface area contributed by atoms with Gasteiger partial charge in [0.15, 0.2) is 0 Å². The van der Waals surface area contributed by atoms with Crippen LogP contribution in [0.2, 0.25) is 0 Å². The summed E-state index contributed by atoms with van der Waals surface area (Å²) in [6, 6.07) is 0. The van der Waals surface area contributed by atoms with E-state index in [0.29, 0.717) is 5.41 Å². The van der Waals surface area contributed by atoms with Crippen LogP contribution in [0.3, 0.4) is 0 Å². The SMILES string of the molecule is CCCCCCCCCCCCC(C)(CCCCCCCCCC)CC1CCC(C)CC1. The Hall–Kier alpha value is 0. The molecule has 0 amide bonds. The van der Waals surface area contributed by atoms with Crippen LogP contribution in [0.25, 0.3) is 0 Å². The van der Waals surface area contributed by atoms with E-state index in [2.05, 4.69) is 27.7 Å². The van der Waals surface area contributed by atoms with Gasteiger partial charge in [-0.3, -0.25) is 0 Å². The summed E-state index contributed by atoms with van der Waals surface area (Å²) in [5, 5.41) is 0. The summed E-state index contributed by atoms with van der Waals surface area (Å²) < 4.78 is 0. The second kappa shape index (κ2) is 20.4. The molecule has 0 bridgehead atoms. The van der Waals surface area contributed by atoms with E-state index in [1.807, 2.05) is 0 Å². The molecule has 1 fully saturated rings. The summed E-state index contributed by atoms with van der Waals surface area (Å²) in [6.45, 7) is 9.79. The van der Waals surface area contributed by atoms with Crippen molar-refractivity contribution in [3.63, 3.8) is 0 Å². The van der Waals surface area contributed by atoms with Gasteiger partial charge in [-0.05, 0) is 36.5 Å².